The molecule has 0 aliphatic rings. The summed E-state index contributed by atoms with van der Waals surface area (Å²) in [4.78, 5) is 7.20. The average Bonchev–Trinajstić information content (AvgIpc) is 2.76. The number of nitrogens with zero attached hydrogens (tertiary/aromatic N) is 4. The minimum atomic E-state index is 0.544. The van der Waals surface area contributed by atoms with Crippen LogP contribution < -0.4 is 10.6 Å². The Bertz CT molecular complexity index is 536. The van der Waals surface area contributed by atoms with Gasteiger partial charge in [0.25, 0.3) is 0 Å². The zero-order valence-corrected chi connectivity index (χ0v) is 17.5. The van der Waals surface area contributed by atoms with E-state index in [1.807, 2.05) is 11.7 Å². The Balaban J connectivity index is 2.55. The number of hydrogen-bond acceptors (Lipinski definition) is 3. The van der Waals surface area contributed by atoms with E-state index in [9.17, 15) is 0 Å². The molecule has 6 heteroatoms. The van der Waals surface area contributed by atoms with Gasteiger partial charge in [-0.1, -0.05) is 0 Å². The van der Waals surface area contributed by atoms with E-state index >= 15 is 0 Å². The zero-order chi connectivity index (χ0) is 19.0. The molecule has 0 bridgehead atoms. The molecule has 6 nitrogen and oxygen atoms in total. The number of guanidine groups is 1. The fourth-order valence-electron chi connectivity index (χ4n) is 3.22. The molecule has 1 aromatic heterocycles. The Kier molecular flexibility index (Phi) is 8.97. The van der Waals surface area contributed by atoms with Gasteiger partial charge in [-0.2, -0.15) is 5.10 Å². The van der Waals surface area contributed by atoms with Crippen molar-refractivity contribution in [1.29, 1.82) is 0 Å². The van der Waals surface area contributed by atoms with Gasteiger partial charge in [-0.3, -0.25) is 14.6 Å². The van der Waals surface area contributed by atoms with E-state index in [1.165, 1.54) is 11.3 Å². The van der Waals surface area contributed by atoms with Crippen LogP contribution in [0, 0.1) is 13.8 Å². The third kappa shape index (κ3) is 6.69. The van der Waals surface area contributed by atoms with E-state index in [0.717, 1.165) is 44.3 Å². The SMILES string of the molecule is CCNC(=NCCN(C(C)C)C(C)C)NCCc1c(C)nn(C)c1C. The van der Waals surface area contributed by atoms with Crippen molar-refractivity contribution in [2.24, 2.45) is 12.0 Å². The van der Waals surface area contributed by atoms with Crippen LogP contribution in [0.4, 0.5) is 0 Å². The number of aryl methyl sites for hydroxylation is 2. The summed E-state index contributed by atoms with van der Waals surface area (Å²) in [6, 6.07) is 1.09. The monoisotopic (exact) mass is 350 g/mol. The van der Waals surface area contributed by atoms with Gasteiger partial charge >= 0.3 is 0 Å². The average molecular weight is 351 g/mol. The van der Waals surface area contributed by atoms with E-state index in [-0.39, 0.29) is 0 Å². The molecule has 0 aliphatic carbocycles. The van der Waals surface area contributed by atoms with E-state index < -0.39 is 0 Å². The van der Waals surface area contributed by atoms with Crippen LogP contribution in [0.2, 0.25) is 0 Å². The Morgan fingerprint density at radius 3 is 2.28 bits per heavy atom. The minimum Gasteiger partial charge on any atom is -0.357 e. The summed E-state index contributed by atoms with van der Waals surface area (Å²) in [5.74, 6) is 0.897. The van der Waals surface area contributed by atoms with Crippen molar-refractivity contribution < 1.29 is 0 Å². The molecule has 2 N–H and O–H groups in total. The molecular formula is C19H38N6. The van der Waals surface area contributed by atoms with Crippen LogP contribution in [0.3, 0.4) is 0 Å². The summed E-state index contributed by atoms with van der Waals surface area (Å²) in [6.07, 6.45) is 0.958. The van der Waals surface area contributed by atoms with Crippen molar-refractivity contribution in [3.05, 3.63) is 17.0 Å². The highest BCUT2D eigenvalue weighted by Gasteiger charge is 2.12. The van der Waals surface area contributed by atoms with Gasteiger partial charge in [0.15, 0.2) is 5.96 Å². The number of aliphatic imine (C=N–C) groups is 1. The summed E-state index contributed by atoms with van der Waals surface area (Å²) in [6.45, 7) is 18.8. The highest BCUT2D eigenvalue weighted by Crippen LogP contribution is 2.11. The maximum atomic E-state index is 4.73. The normalized spacial score (nSPS) is 12.5. The lowest BCUT2D eigenvalue weighted by Gasteiger charge is -2.29. The second kappa shape index (κ2) is 10.4. The lowest BCUT2D eigenvalue weighted by atomic mass is 10.1. The fraction of sp³-hybridized carbons (Fsp3) is 0.789. The van der Waals surface area contributed by atoms with Crippen molar-refractivity contribution in [2.75, 3.05) is 26.2 Å². The van der Waals surface area contributed by atoms with E-state index in [4.69, 9.17) is 4.99 Å². The molecular weight excluding hydrogens is 312 g/mol. The highest BCUT2D eigenvalue weighted by molar-refractivity contribution is 5.79. The van der Waals surface area contributed by atoms with Crippen molar-refractivity contribution in [3.63, 3.8) is 0 Å². The Labute approximate surface area is 154 Å². The van der Waals surface area contributed by atoms with Crippen LogP contribution in [-0.2, 0) is 13.5 Å². The molecule has 0 fully saturated rings. The summed E-state index contributed by atoms with van der Waals surface area (Å²) < 4.78 is 1.95. The summed E-state index contributed by atoms with van der Waals surface area (Å²) in [5.41, 5.74) is 3.69. The maximum Gasteiger partial charge on any atom is 0.191 e. The third-order valence-electron chi connectivity index (χ3n) is 4.63. The molecule has 0 spiro atoms. The van der Waals surface area contributed by atoms with Crippen LogP contribution >= 0.6 is 0 Å². The quantitative estimate of drug-likeness (QED) is 0.530. The molecule has 0 unspecified atom stereocenters. The predicted molar refractivity (Wildman–Crippen MR) is 107 cm³/mol. The van der Waals surface area contributed by atoms with Gasteiger partial charge < -0.3 is 10.6 Å². The Hall–Kier alpha value is -1.56. The molecule has 0 atom stereocenters. The van der Waals surface area contributed by atoms with Gasteiger partial charge in [0.1, 0.15) is 0 Å². The van der Waals surface area contributed by atoms with Gasteiger partial charge in [-0.15, -0.1) is 0 Å². The molecule has 0 aromatic carbocycles. The zero-order valence-electron chi connectivity index (χ0n) is 17.5. The van der Waals surface area contributed by atoms with Crippen LogP contribution in [0.1, 0.15) is 51.6 Å². The number of hydrogen-bond donors (Lipinski definition) is 2. The lowest BCUT2D eigenvalue weighted by molar-refractivity contribution is 0.181. The topological polar surface area (TPSA) is 57.5 Å². The van der Waals surface area contributed by atoms with Gasteiger partial charge in [0.05, 0.1) is 12.2 Å². The lowest BCUT2D eigenvalue weighted by Crippen LogP contribution is -2.41. The predicted octanol–water partition coefficient (Wildman–Crippen LogP) is 2.25. The van der Waals surface area contributed by atoms with Crippen molar-refractivity contribution in [3.8, 4) is 0 Å². The van der Waals surface area contributed by atoms with Crippen molar-refractivity contribution >= 4 is 5.96 Å². The molecule has 1 rings (SSSR count). The first-order chi connectivity index (χ1) is 11.8. The summed E-state index contributed by atoms with van der Waals surface area (Å²) in [5, 5.41) is 11.3. The third-order valence-corrected chi connectivity index (χ3v) is 4.63. The smallest absolute Gasteiger partial charge is 0.191 e. The molecule has 0 saturated carbocycles. The molecule has 0 radical (unpaired) electrons. The molecule has 1 heterocycles. The first kappa shape index (κ1) is 21.5. The van der Waals surface area contributed by atoms with Crippen molar-refractivity contribution in [2.45, 2.75) is 67.0 Å². The number of rotatable bonds is 9. The fourth-order valence-corrected chi connectivity index (χ4v) is 3.22. The first-order valence-corrected chi connectivity index (χ1v) is 9.54. The van der Waals surface area contributed by atoms with Crippen LogP contribution in [0.25, 0.3) is 0 Å². The van der Waals surface area contributed by atoms with E-state index in [2.05, 4.69) is 69.1 Å². The highest BCUT2D eigenvalue weighted by atomic mass is 15.3. The van der Waals surface area contributed by atoms with Crippen LogP contribution in [-0.4, -0.2) is 58.9 Å². The van der Waals surface area contributed by atoms with Gasteiger partial charge in [-0.25, -0.2) is 0 Å². The molecule has 1 aromatic rings. The second-order valence-corrected chi connectivity index (χ2v) is 7.14. The van der Waals surface area contributed by atoms with Gasteiger partial charge in [-0.05, 0) is 60.5 Å². The van der Waals surface area contributed by atoms with Crippen LogP contribution in [0.15, 0.2) is 4.99 Å². The molecule has 0 saturated heterocycles. The van der Waals surface area contributed by atoms with Gasteiger partial charge in [0.2, 0.25) is 0 Å². The molecule has 25 heavy (non-hydrogen) atoms. The first-order valence-electron chi connectivity index (χ1n) is 9.54. The molecule has 0 amide bonds. The summed E-state index contributed by atoms with van der Waals surface area (Å²) in [7, 11) is 2.00. The van der Waals surface area contributed by atoms with E-state index in [1.54, 1.807) is 0 Å². The van der Waals surface area contributed by atoms with E-state index in [0.29, 0.717) is 12.1 Å². The van der Waals surface area contributed by atoms with Gasteiger partial charge in [0, 0.05) is 44.5 Å². The molecule has 144 valence electrons. The summed E-state index contributed by atoms with van der Waals surface area (Å²) >= 11 is 0. The number of aromatic nitrogens is 2. The number of nitrogens with one attached hydrogen (secondary N) is 2. The standard InChI is InChI=1S/C19H38N6/c1-9-20-19(22-12-13-25(14(2)3)15(4)5)21-11-10-18-16(6)23-24(8)17(18)7/h14-15H,9-13H2,1-8H3,(H2,20,21,22). The second-order valence-electron chi connectivity index (χ2n) is 7.14. The largest absolute Gasteiger partial charge is 0.357 e. The Morgan fingerprint density at radius 2 is 1.80 bits per heavy atom. The minimum absolute atomic E-state index is 0.544. The van der Waals surface area contributed by atoms with Crippen molar-refractivity contribution in [1.82, 2.24) is 25.3 Å². The Morgan fingerprint density at radius 1 is 1.16 bits per heavy atom. The molecule has 0 aliphatic heterocycles. The maximum absolute atomic E-state index is 4.73. The van der Waals surface area contributed by atoms with Crippen LogP contribution in [0.5, 0.6) is 0 Å².